The number of rotatable bonds is 10. The number of halogens is 2. The van der Waals surface area contributed by atoms with Gasteiger partial charge in [-0.3, -0.25) is 0 Å². The lowest BCUT2D eigenvalue weighted by molar-refractivity contribution is -0.0512. The smallest absolute Gasteiger partial charge is 0.387 e. The molecule has 1 N–H and O–H groups in total. The van der Waals surface area contributed by atoms with Gasteiger partial charge in [-0.25, -0.2) is 0 Å². The molecule has 29 heavy (non-hydrogen) atoms. The SMILES string of the molecule is COc1cc(-c2noc(CSc3nnc(NCC(C)C)s3)n2)ccc1OC(F)F. The Bertz CT molecular complexity index is 935. The van der Waals surface area contributed by atoms with Crippen molar-refractivity contribution in [3.63, 3.8) is 0 Å². The molecule has 3 rings (SSSR count). The molecule has 0 spiro atoms. The summed E-state index contributed by atoms with van der Waals surface area (Å²) in [4.78, 5) is 4.33. The molecule has 0 bridgehead atoms. The van der Waals surface area contributed by atoms with Crippen LogP contribution in [0.25, 0.3) is 11.4 Å². The molecule has 12 heteroatoms. The van der Waals surface area contributed by atoms with E-state index in [1.54, 1.807) is 6.07 Å². The van der Waals surface area contributed by atoms with Crippen molar-refractivity contribution in [1.82, 2.24) is 20.3 Å². The van der Waals surface area contributed by atoms with Crippen molar-refractivity contribution >= 4 is 28.2 Å². The molecule has 0 saturated heterocycles. The molecule has 0 aliphatic rings. The monoisotopic (exact) mass is 443 g/mol. The number of hydrogen-bond acceptors (Lipinski definition) is 10. The van der Waals surface area contributed by atoms with Gasteiger partial charge in [0.1, 0.15) is 0 Å². The lowest BCUT2D eigenvalue weighted by Crippen LogP contribution is -2.07. The predicted octanol–water partition coefficient (Wildman–Crippen LogP) is 4.56. The molecule has 0 unspecified atom stereocenters. The Balaban J connectivity index is 1.62. The molecule has 0 atom stereocenters. The third kappa shape index (κ3) is 6.00. The number of alkyl halides is 2. The van der Waals surface area contributed by atoms with Crippen molar-refractivity contribution in [1.29, 1.82) is 0 Å². The van der Waals surface area contributed by atoms with Gasteiger partial charge in [-0.05, 0) is 24.1 Å². The van der Waals surface area contributed by atoms with Crippen LogP contribution in [0.1, 0.15) is 19.7 Å². The van der Waals surface area contributed by atoms with E-state index in [1.807, 2.05) is 0 Å². The first-order chi connectivity index (χ1) is 13.9. The van der Waals surface area contributed by atoms with Crippen LogP contribution in [-0.4, -0.2) is 40.6 Å². The molecule has 0 fully saturated rings. The number of methoxy groups -OCH3 is 1. The molecular weight excluding hydrogens is 424 g/mol. The van der Waals surface area contributed by atoms with E-state index in [0.29, 0.717) is 28.9 Å². The molecule has 0 saturated carbocycles. The second-order valence-electron chi connectivity index (χ2n) is 6.19. The van der Waals surface area contributed by atoms with Gasteiger partial charge in [-0.1, -0.05) is 42.1 Å². The van der Waals surface area contributed by atoms with Gasteiger partial charge in [-0.15, -0.1) is 10.2 Å². The third-order valence-corrected chi connectivity index (χ3v) is 5.49. The average molecular weight is 444 g/mol. The number of hydrogen-bond donors (Lipinski definition) is 1. The lowest BCUT2D eigenvalue weighted by atomic mass is 10.2. The summed E-state index contributed by atoms with van der Waals surface area (Å²) in [6.45, 7) is 2.12. The van der Waals surface area contributed by atoms with Crippen LogP contribution >= 0.6 is 23.1 Å². The van der Waals surface area contributed by atoms with E-state index in [1.165, 1.54) is 42.3 Å². The van der Waals surface area contributed by atoms with Gasteiger partial charge in [0.2, 0.25) is 16.8 Å². The minimum atomic E-state index is -2.94. The standard InChI is InChI=1S/C17H19F2N5O3S2/c1-9(2)7-20-16-22-23-17(29-16)28-8-13-21-14(24-27-13)10-4-5-11(26-15(18)19)12(6-10)25-3/h4-6,9,15H,7-8H2,1-3H3,(H,20,22). The Hall–Kier alpha value is -2.47. The van der Waals surface area contributed by atoms with E-state index in [-0.39, 0.29) is 11.5 Å². The molecule has 3 aromatic rings. The summed E-state index contributed by atoms with van der Waals surface area (Å²) in [5.74, 6) is 1.75. The van der Waals surface area contributed by atoms with Gasteiger partial charge in [0, 0.05) is 12.1 Å². The van der Waals surface area contributed by atoms with E-state index < -0.39 is 6.61 Å². The quantitative estimate of drug-likeness (QED) is 0.452. The summed E-state index contributed by atoms with van der Waals surface area (Å²) < 4.78 is 40.4. The van der Waals surface area contributed by atoms with Crippen molar-refractivity contribution in [2.75, 3.05) is 19.0 Å². The number of thioether (sulfide) groups is 1. The summed E-state index contributed by atoms with van der Waals surface area (Å²) >= 11 is 2.89. The largest absolute Gasteiger partial charge is 0.493 e. The van der Waals surface area contributed by atoms with E-state index in [9.17, 15) is 8.78 Å². The number of ether oxygens (including phenoxy) is 2. The van der Waals surface area contributed by atoms with Crippen LogP contribution in [0.3, 0.4) is 0 Å². The van der Waals surface area contributed by atoms with Gasteiger partial charge in [0.15, 0.2) is 15.8 Å². The van der Waals surface area contributed by atoms with Crippen molar-refractivity contribution in [2.24, 2.45) is 5.92 Å². The van der Waals surface area contributed by atoms with Crippen LogP contribution in [0.4, 0.5) is 13.9 Å². The fourth-order valence-electron chi connectivity index (χ4n) is 2.19. The zero-order valence-corrected chi connectivity index (χ0v) is 17.5. The number of benzene rings is 1. The highest BCUT2D eigenvalue weighted by atomic mass is 32.2. The van der Waals surface area contributed by atoms with Crippen molar-refractivity contribution in [2.45, 2.75) is 30.6 Å². The normalized spacial score (nSPS) is 11.3. The van der Waals surface area contributed by atoms with E-state index in [2.05, 4.69) is 44.2 Å². The zero-order valence-electron chi connectivity index (χ0n) is 15.9. The van der Waals surface area contributed by atoms with E-state index >= 15 is 0 Å². The molecule has 0 aliphatic heterocycles. The van der Waals surface area contributed by atoms with Crippen molar-refractivity contribution < 1.29 is 22.8 Å². The van der Waals surface area contributed by atoms with Gasteiger partial charge in [0.25, 0.3) is 0 Å². The fourth-order valence-corrected chi connectivity index (χ4v) is 3.78. The molecule has 2 aromatic heterocycles. The van der Waals surface area contributed by atoms with Gasteiger partial charge < -0.3 is 19.3 Å². The highest BCUT2D eigenvalue weighted by Crippen LogP contribution is 2.33. The Morgan fingerprint density at radius 3 is 2.79 bits per heavy atom. The molecular formula is C17H19F2N5O3S2. The van der Waals surface area contributed by atoms with Crippen LogP contribution in [0.5, 0.6) is 11.5 Å². The number of anilines is 1. The maximum Gasteiger partial charge on any atom is 0.387 e. The summed E-state index contributed by atoms with van der Waals surface area (Å²) in [5.41, 5.74) is 0.555. The van der Waals surface area contributed by atoms with E-state index in [4.69, 9.17) is 9.26 Å². The topological polar surface area (TPSA) is 95.2 Å². The van der Waals surface area contributed by atoms with Crippen molar-refractivity contribution in [3.8, 4) is 22.9 Å². The summed E-state index contributed by atoms with van der Waals surface area (Å²) in [6, 6.07) is 4.44. The summed E-state index contributed by atoms with van der Waals surface area (Å²) in [7, 11) is 1.36. The minimum absolute atomic E-state index is 0.0660. The Kier molecular flexibility index (Phi) is 7.20. The first kappa shape index (κ1) is 21.2. The molecule has 0 radical (unpaired) electrons. The van der Waals surface area contributed by atoms with Crippen molar-refractivity contribution in [3.05, 3.63) is 24.1 Å². The number of nitrogens with one attached hydrogen (secondary N) is 1. The Morgan fingerprint density at radius 2 is 2.07 bits per heavy atom. The summed E-state index contributed by atoms with van der Waals surface area (Å²) in [6.07, 6.45) is 0. The Morgan fingerprint density at radius 1 is 1.24 bits per heavy atom. The minimum Gasteiger partial charge on any atom is -0.493 e. The zero-order chi connectivity index (χ0) is 20.8. The molecule has 0 amide bonds. The second kappa shape index (κ2) is 9.83. The third-order valence-electron chi connectivity index (χ3n) is 3.49. The molecule has 2 heterocycles. The van der Waals surface area contributed by atoms with Crippen LogP contribution < -0.4 is 14.8 Å². The Labute approximate surface area is 174 Å². The van der Waals surface area contributed by atoms with Gasteiger partial charge in [-0.2, -0.15) is 13.8 Å². The van der Waals surface area contributed by atoms with Gasteiger partial charge >= 0.3 is 6.61 Å². The predicted molar refractivity (Wildman–Crippen MR) is 106 cm³/mol. The van der Waals surface area contributed by atoms with Crippen LogP contribution in [-0.2, 0) is 5.75 Å². The maximum absolute atomic E-state index is 12.4. The second-order valence-corrected chi connectivity index (χ2v) is 8.39. The lowest BCUT2D eigenvalue weighted by Gasteiger charge is -2.10. The highest BCUT2D eigenvalue weighted by molar-refractivity contribution is 8.00. The first-order valence-electron chi connectivity index (χ1n) is 8.60. The number of aromatic nitrogens is 4. The average Bonchev–Trinajstić information content (AvgIpc) is 3.34. The summed E-state index contributed by atoms with van der Waals surface area (Å²) in [5, 5.41) is 16.1. The van der Waals surface area contributed by atoms with E-state index in [0.717, 1.165) is 16.0 Å². The van der Waals surface area contributed by atoms with Crippen LogP contribution in [0.2, 0.25) is 0 Å². The van der Waals surface area contributed by atoms with Gasteiger partial charge in [0.05, 0.1) is 12.9 Å². The first-order valence-corrected chi connectivity index (χ1v) is 10.4. The molecule has 8 nitrogen and oxygen atoms in total. The fraction of sp³-hybridized carbons (Fsp3) is 0.412. The molecule has 156 valence electrons. The molecule has 1 aromatic carbocycles. The van der Waals surface area contributed by atoms with Crippen LogP contribution in [0, 0.1) is 5.92 Å². The number of nitrogens with zero attached hydrogens (tertiary/aromatic N) is 4. The highest BCUT2D eigenvalue weighted by Gasteiger charge is 2.15. The maximum atomic E-state index is 12.4. The molecule has 0 aliphatic carbocycles. The van der Waals surface area contributed by atoms with Crippen LogP contribution in [0.15, 0.2) is 27.1 Å².